The molecular formula is C19H20ClFN4O4. The fourth-order valence-corrected chi connectivity index (χ4v) is 2.85. The van der Waals surface area contributed by atoms with Gasteiger partial charge in [0.1, 0.15) is 23.2 Å². The fourth-order valence-electron chi connectivity index (χ4n) is 2.67. The number of aliphatic carboxylic acids is 1. The highest BCUT2D eigenvalue weighted by molar-refractivity contribution is 6.31. The third kappa shape index (κ3) is 5.38. The number of nitrogens with zero attached hydrogens (tertiary/aromatic N) is 1. The summed E-state index contributed by atoms with van der Waals surface area (Å²) in [6.45, 7) is 0. The maximum Gasteiger partial charge on any atom is 0.339 e. The molecule has 1 heterocycles. The topological polar surface area (TPSA) is 170 Å². The Hall–Kier alpha value is -3.27. The van der Waals surface area contributed by atoms with Gasteiger partial charge in [-0.1, -0.05) is 29.8 Å². The molecule has 29 heavy (non-hydrogen) atoms. The molecule has 3 rings (SSSR count). The van der Waals surface area contributed by atoms with Crippen molar-refractivity contribution in [3.05, 3.63) is 70.5 Å². The smallest absolute Gasteiger partial charge is 0.339 e. The second kappa shape index (κ2) is 9.78. The van der Waals surface area contributed by atoms with Crippen molar-refractivity contribution in [2.45, 2.75) is 12.5 Å². The number of carboxylic acids is 2. The van der Waals surface area contributed by atoms with Gasteiger partial charge in [0.05, 0.1) is 5.52 Å². The number of hydrogen-bond acceptors (Lipinski definition) is 6. The maximum atomic E-state index is 13.9. The number of hydrogen-bond donors (Lipinski definition) is 5. The first-order valence-electron chi connectivity index (χ1n) is 7.91. The van der Waals surface area contributed by atoms with E-state index in [1.165, 1.54) is 24.3 Å². The Bertz CT molecular complexity index is 1050. The molecule has 3 aromatic rings. The molecular weight excluding hydrogens is 403 g/mol. The zero-order chi connectivity index (χ0) is 19.6. The predicted octanol–water partition coefficient (Wildman–Crippen LogP) is 4.16. The Labute approximate surface area is 170 Å². The van der Waals surface area contributed by atoms with Crippen LogP contribution in [0.3, 0.4) is 0 Å². The lowest BCUT2D eigenvalue weighted by Gasteiger charge is -2.17. The minimum Gasteiger partial charge on any atom is -0.480 e. The third-order valence-electron chi connectivity index (χ3n) is 4.00. The van der Waals surface area contributed by atoms with E-state index in [0.717, 1.165) is 0 Å². The van der Waals surface area contributed by atoms with Crippen LogP contribution in [0.2, 0.25) is 5.02 Å². The van der Waals surface area contributed by atoms with Crippen LogP contribution in [0.25, 0.3) is 10.9 Å². The van der Waals surface area contributed by atoms with Crippen LogP contribution in [0.4, 0.5) is 10.2 Å². The number of carbonyl (C=O) groups is 2. The number of halogens is 2. The van der Waals surface area contributed by atoms with E-state index < -0.39 is 23.8 Å². The fraction of sp³-hybridized carbons (Fsp3) is 0.105. The number of rotatable bonds is 6. The number of aromatic nitrogens is 1. The molecule has 0 spiro atoms. The molecule has 0 aliphatic heterocycles. The molecule has 0 aliphatic carbocycles. The van der Waals surface area contributed by atoms with Crippen LogP contribution in [0.1, 0.15) is 15.9 Å². The average molecular weight is 423 g/mol. The molecule has 0 saturated carbocycles. The molecule has 1 unspecified atom stereocenters. The Kier molecular flexibility index (Phi) is 8.02. The van der Waals surface area contributed by atoms with Crippen LogP contribution in [0, 0.1) is 5.82 Å². The van der Waals surface area contributed by atoms with Crippen molar-refractivity contribution < 1.29 is 24.2 Å². The summed E-state index contributed by atoms with van der Waals surface area (Å²) >= 11 is 5.92. The highest BCUT2D eigenvalue weighted by Gasteiger charge is 2.23. The number of anilines is 1. The Morgan fingerprint density at radius 3 is 2.41 bits per heavy atom. The molecule has 9 N–H and O–H groups in total. The van der Waals surface area contributed by atoms with Crippen LogP contribution in [-0.2, 0) is 11.2 Å². The monoisotopic (exact) mass is 422 g/mol. The Morgan fingerprint density at radius 2 is 1.79 bits per heavy atom. The van der Waals surface area contributed by atoms with Gasteiger partial charge in [0.25, 0.3) is 0 Å². The normalized spacial score (nSPS) is 11.1. The van der Waals surface area contributed by atoms with Gasteiger partial charge in [-0.15, -0.1) is 0 Å². The molecule has 0 amide bonds. The second-order valence-corrected chi connectivity index (χ2v) is 6.29. The van der Waals surface area contributed by atoms with Crippen LogP contribution in [0.5, 0.6) is 0 Å². The molecule has 0 aliphatic rings. The van der Waals surface area contributed by atoms with Crippen molar-refractivity contribution in [2.24, 2.45) is 0 Å². The minimum absolute atomic E-state index is 0. The minimum atomic E-state index is -1.28. The third-order valence-corrected chi connectivity index (χ3v) is 4.23. The van der Waals surface area contributed by atoms with Crippen molar-refractivity contribution >= 4 is 40.3 Å². The average Bonchev–Trinajstić information content (AvgIpc) is 2.62. The molecule has 1 atom stereocenters. The second-order valence-electron chi connectivity index (χ2n) is 5.86. The molecule has 2 aromatic carbocycles. The quantitative estimate of drug-likeness (QED) is 0.394. The number of carboxylic acid groups (broad SMARTS) is 2. The van der Waals surface area contributed by atoms with Gasteiger partial charge in [-0.2, -0.15) is 0 Å². The number of aromatic carboxylic acids is 1. The van der Waals surface area contributed by atoms with E-state index >= 15 is 0 Å². The van der Waals surface area contributed by atoms with E-state index in [2.05, 4.69) is 10.3 Å². The summed E-state index contributed by atoms with van der Waals surface area (Å²) in [4.78, 5) is 27.4. The SMILES string of the molecule is N.N.O=C(O)c1cc2cc(Cl)ccc2nc1NC(Cc1ccccc1F)C(=O)O. The number of pyridine rings is 1. The number of nitrogens with one attached hydrogen (secondary N) is 1. The molecule has 1 aromatic heterocycles. The van der Waals surface area contributed by atoms with E-state index in [1.54, 1.807) is 24.3 Å². The van der Waals surface area contributed by atoms with Gasteiger partial charge >= 0.3 is 11.9 Å². The molecule has 154 valence electrons. The van der Waals surface area contributed by atoms with E-state index in [0.29, 0.717) is 15.9 Å². The van der Waals surface area contributed by atoms with Gasteiger partial charge in [-0.05, 0) is 35.9 Å². The molecule has 0 fully saturated rings. The van der Waals surface area contributed by atoms with Crippen LogP contribution < -0.4 is 17.6 Å². The highest BCUT2D eigenvalue weighted by Crippen LogP contribution is 2.24. The summed E-state index contributed by atoms with van der Waals surface area (Å²) in [5, 5.41) is 22.5. The lowest BCUT2D eigenvalue weighted by atomic mass is 10.0. The van der Waals surface area contributed by atoms with E-state index in [-0.39, 0.29) is 35.7 Å². The first-order chi connectivity index (χ1) is 12.8. The summed E-state index contributed by atoms with van der Waals surface area (Å²) in [5.74, 6) is -3.18. The first kappa shape index (κ1) is 23.8. The summed E-state index contributed by atoms with van der Waals surface area (Å²) in [5.41, 5.74) is 0.438. The van der Waals surface area contributed by atoms with Gasteiger partial charge in [0.15, 0.2) is 0 Å². The summed E-state index contributed by atoms with van der Waals surface area (Å²) in [6.07, 6.45) is -0.179. The number of fused-ring (bicyclic) bond motifs is 1. The van der Waals surface area contributed by atoms with Crippen LogP contribution in [0.15, 0.2) is 48.5 Å². The van der Waals surface area contributed by atoms with Gasteiger partial charge in [-0.25, -0.2) is 19.0 Å². The zero-order valence-corrected chi connectivity index (χ0v) is 16.0. The van der Waals surface area contributed by atoms with E-state index in [4.69, 9.17) is 11.6 Å². The van der Waals surface area contributed by atoms with E-state index in [1.807, 2.05) is 0 Å². The van der Waals surface area contributed by atoms with Crippen molar-refractivity contribution in [2.75, 3.05) is 5.32 Å². The largest absolute Gasteiger partial charge is 0.480 e. The predicted molar refractivity (Wildman–Crippen MR) is 109 cm³/mol. The molecule has 0 saturated heterocycles. The molecule has 0 radical (unpaired) electrons. The van der Waals surface area contributed by atoms with Crippen molar-refractivity contribution in [3.63, 3.8) is 0 Å². The lowest BCUT2D eigenvalue weighted by Crippen LogP contribution is -2.33. The standard InChI is InChI=1S/C19H14ClFN2O4.2H3N/c20-12-5-6-15-11(7-12)8-13(18(24)25)17(22-15)23-16(19(26)27)9-10-3-1-2-4-14(10)21;;/h1-8,16H,9H2,(H,22,23)(H,24,25)(H,26,27);2*1H3. The summed E-state index contributed by atoms with van der Waals surface area (Å²) in [6, 6.07) is 10.6. The highest BCUT2D eigenvalue weighted by atomic mass is 35.5. The number of benzene rings is 2. The summed E-state index contributed by atoms with van der Waals surface area (Å²) in [7, 11) is 0. The Balaban J connectivity index is 0.00000210. The summed E-state index contributed by atoms with van der Waals surface area (Å²) < 4.78 is 13.9. The van der Waals surface area contributed by atoms with Crippen LogP contribution in [-0.4, -0.2) is 33.2 Å². The van der Waals surface area contributed by atoms with Crippen LogP contribution >= 0.6 is 11.6 Å². The Morgan fingerprint density at radius 1 is 1.10 bits per heavy atom. The van der Waals surface area contributed by atoms with Gasteiger partial charge in [0.2, 0.25) is 0 Å². The first-order valence-corrected chi connectivity index (χ1v) is 8.29. The van der Waals surface area contributed by atoms with Gasteiger partial charge in [-0.3, -0.25) is 0 Å². The van der Waals surface area contributed by atoms with Gasteiger partial charge in [0, 0.05) is 16.8 Å². The van der Waals surface area contributed by atoms with Crippen molar-refractivity contribution in [1.29, 1.82) is 0 Å². The van der Waals surface area contributed by atoms with E-state index in [9.17, 15) is 24.2 Å². The van der Waals surface area contributed by atoms with Crippen molar-refractivity contribution in [3.8, 4) is 0 Å². The molecule has 0 bridgehead atoms. The molecule has 8 nitrogen and oxygen atoms in total. The van der Waals surface area contributed by atoms with Gasteiger partial charge < -0.3 is 27.8 Å². The maximum absolute atomic E-state index is 13.9. The van der Waals surface area contributed by atoms with Crippen molar-refractivity contribution in [1.82, 2.24) is 17.3 Å². The molecule has 10 heteroatoms. The zero-order valence-electron chi connectivity index (χ0n) is 15.2. The lowest BCUT2D eigenvalue weighted by molar-refractivity contribution is -0.137.